The Kier molecular flexibility index (Phi) is 6.59. The van der Waals surface area contributed by atoms with Crippen molar-refractivity contribution in [3.63, 3.8) is 0 Å². The summed E-state index contributed by atoms with van der Waals surface area (Å²) in [6.45, 7) is 0. The van der Waals surface area contributed by atoms with E-state index in [4.69, 9.17) is 18.9 Å². The molecule has 0 saturated heterocycles. The molecule has 0 atom stereocenters. The molecule has 0 bridgehead atoms. The molecule has 210 valence electrons. The molecular formula is C34H26O8. The minimum atomic E-state index is -1.93. The summed E-state index contributed by atoms with van der Waals surface area (Å²) >= 11 is 0. The molecule has 0 fully saturated rings. The van der Waals surface area contributed by atoms with Crippen molar-refractivity contribution in [1.82, 2.24) is 0 Å². The highest BCUT2D eigenvalue weighted by Crippen LogP contribution is 2.38. The summed E-state index contributed by atoms with van der Waals surface area (Å²) < 4.78 is 20.8. The van der Waals surface area contributed by atoms with Crippen LogP contribution >= 0.6 is 0 Å². The third kappa shape index (κ3) is 3.77. The number of methoxy groups -OCH3 is 4. The number of fused-ring (bicyclic) bond motifs is 2. The molecule has 0 heterocycles. The molecule has 4 aromatic rings. The number of Topliss-reactive ketones (excluding diaryl/α,β-unsaturated/α-hetero) is 4. The number of ketones is 4. The first-order valence-electron chi connectivity index (χ1n) is 13.1. The molecule has 0 N–H and O–H groups in total. The average Bonchev–Trinajstić information content (AvgIpc) is 3.39. The molecule has 8 heteroatoms. The van der Waals surface area contributed by atoms with Crippen LogP contribution in [0, 0.1) is 0 Å². The van der Waals surface area contributed by atoms with E-state index in [1.165, 1.54) is 28.4 Å². The summed E-state index contributed by atoms with van der Waals surface area (Å²) in [4.78, 5) is 51.5. The van der Waals surface area contributed by atoms with Crippen LogP contribution in [0.3, 0.4) is 0 Å². The van der Waals surface area contributed by atoms with E-state index in [1.807, 2.05) is 48.5 Å². The third-order valence-electron chi connectivity index (χ3n) is 8.13. The molecule has 0 aliphatic heterocycles. The number of carbonyl (C=O) groups excluding carboxylic acids is 4. The number of ether oxygens (including phenoxy) is 4. The maximum Gasteiger partial charge on any atom is 0.299 e. The van der Waals surface area contributed by atoms with Crippen LogP contribution in [0.2, 0.25) is 0 Å². The van der Waals surface area contributed by atoms with Gasteiger partial charge in [0, 0.05) is 50.7 Å². The summed E-state index contributed by atoms with van der Waals surface area (Å²) in [6, 6.07) is 26.0. The first-order valence-corrected chi connectivity index (χ1v) is 13.1. The average molecular weight is 563 g/mol. The minimum absolute atomic E-state index is 0.272. The molecule has 4 aromatic carbocycles. The Morgan fingerprint density at radius 1 is 0.357 bits per heavy atom. The molecule has 0 radical (unpaired) electrons. The van der Waals surface area contributed by atoms with Gasteiger partial charge in [-0.05, 0) is 57.6 Å². The lowest BCUT2D eigenvalue weighted by Crippen LogP contribution is -2.45. The second-order valence-corrected chi connectivity index (χ2v) is 10.0. The number of carbonyl (C=O) groups is 4. The van der Waals surface area contributed by atoms with E-state index in [0.29, 0.717) is 0 Å². The third-order valence-corrected chi connectivity index (χ3v) is 8.13. The highest BCUT2D eigenvalue weighted by atomic mass is 16.7. The van der Waals surface area contributed by atoms with Gasteiger partial charge in [-0.25, -0.2) is 0 Å². The van der Waals surface area contributed by atoms with Gasteiger partial charge in [-0.3, -0.25) is 19.2 Å². The van der Waals surface area contributed by atoms with Crippen LogP contribution in [0.1, 0.15) is 41.4 Å². The second-order valence-electron chi connectivity index (χ2n) is 10.0. The SMILES string of the molecule is COC1(OC)C(=O)c2ccc(-c3ccc(-c4ccc(-c5ccc6c(c5)C(=O)C(OC)(OC)C6=O)cc4)cc3)cc2C1=O. The molecule has 0 unspecified atom stereocenters. The van der Waals surface area contributed by atoms with Crippen LogP contribution in [0.15, 0.2) is 84.9 Å². The topological polar surface area (TPSA) is 105 Å². The van der Waals surface area contributed by atoms with Crippen molar-refractivity contribution in [2.45, 2.75) is 11.6 Å². The largest absolute Gasteiger partial charge is 0.341 e. The van der Waals surface area contributed by atoms with Gasteiger partial charge < -0.3 is 18.9 Å². The van der Waals surface area contributed by atoms with Crippen molar-refractivity contribution >= 4 is 23.1 Å². The Hall–Kier alpha value is -4.60. The highest BCUT2D eigenvalue weighted by molar-refractivity contribution is 6.32. The van der Waals surface area contributed by atoms with Crippen molar-refractivity contribution in [2.75, 3.05) is 28.4 Å². The van der Waals surface area contributed by atoms with Gasteiger partial charge in [-0.2, -0.15) is 0 Å². The van der Waals surface area contributed by atoms with Crippen LogP contribution in [0.4, 0.5) is 0 Å². The normalized spacial score (nSPS) is 16.6. The van der Waals surface area contributed by atoms with Gasteiger partial charge in [0.1, 0.15) is 0 Å². The Bertz CT molecular complexity index is 1640. The fraction of sp³-hybridized carbons (Fsp3) is 0.176. The summed E-state index contributed by atoms with van der Waals surface area (Å²) in [7, 11) is 5.11. The Morgan fingerprint density at radius 2 is 0.595 bits per heavy atom. The van der Waals surface area contributed by atoms with Crippen LogP contribution in [-0.4, -0.2) is 63.1 Å². The number of hydrogen-bond donors (Lipinski definition) is 0. The molecule has 8 nitrogen and oxygen atoms in total. The lowest BCUT2D eigenvalue weighted by Gasteiger charge is -2.21. The summed E-state index contributed by atoms with van der Waals surface area (Å²) in [5.74, 6) is -5.89. The Labute approximate surface area is 241 Å². The number of rotatable bonds is 7. The maximum absolute atomic E-state index is 13.0. The van der Waals surface area contributed by atoms with Crippen LogP contribution in [0.5, 0.6) is 0 Å². The van der Waals surface area contributed by atoms with E-state index in [1.54, 1.807) is 36.4 Å². The smallest absolute Gasteiger partial charge is 0.299 e. The van der Waals surface area contributed by atoms with E-state index in [0.717, 1.165) is 33.4 Å². The van der Waals surface area contributed by atoms with Crippen molar-refractivity contribution in [3.05, 3.63) is 107 Å². The molecule has 0 saturated carbocycles. The van der Waals surface area contributed by atoms with Crippen molar-refractivity contribution in [2.24, 2.45) is 0 Å². The first kappa shape index (κ1) is 27.6. The number of benzene rings is 4. The van der Waals surface area contributed by atoms with Gasteiger partial charge >= 0.3 is 0 Å². The van der Waals surface area contributed by atoms with E-state index < -0.39 is 34.7 Å². The first-order chi connectivity index (χ1) is 20.2. The van der Waals surface area contributed by atoms with Gasteiger partial charge in [0.05, 0.1) is 0 Å². The molecule has 6 rings (SSSR count). The van der Waals surface area contributed by atoms with Crippen molar-refractivity contribution in [1.29, 1.82) is 0 Å². The zero-order valence-electron chi connectivity index (χ0n) is 23.3. The summed E-state index contributed by atoms with van der Waals surface area (Å²) in [5.41, 5.74) is 6.40. The Morgan fingerprint density at radius 3 is 0.881 bits per heavy atom. The maximum atomic E-state index is 13.0. The monoisotopic (exact) mass is 562 g/mol. The lowest BCUT2D eigenvalue weighted by molar-refractivity contribution is -0.133. The molecule has 42 heavy (non-hydrogen) atoms. The molecular weight excluding hydrogens is 536 g/mol. The second kappa shape index (κ2) is 10.0. The molecule has 2 aliphatic rings. The van der Waals surface area contributed by atoms with Gasteiger partial charge in [-0.15, -0.1) is 0 Å². The molecule has 0 aromatic heterocycles. The van der Waals surface area contributed by atoms with Gasteiger partial charge in [-0.1, -0.05) is 60.7 Å². The van der Waals surface area contributed by atoms with Crippen LogP contribution in [-0.2, 0) is 18.9 Å². The fourth-order valence-electron chi connectivity index (χ4n) is 5.75. The fourth-order valence-corrected chi connectivity index (χ4v) is 5.75. The predicted octanol–water partition coefficient (Wildman–Crippen LogP) is 5.42. The zero-order valence-corrected chi connectivity index (χ0v) is 23.3. The zero-order chi connectivity index (χ0) is 29.8. The standard InChI is InChI=1S/C34H26O8/c1-39-33(40-2)29(35)25-15-13-23(17-27(25)31(33)37)21-9-5-19(6-10-21)20-7-11-22(12-8-20)24-14-16-26-28(18-24)32(38)34(41-3,42-4)30(26)36/h5-18H,1-4H3. The quantitative estimate of drug-likeness (QED) is 0.217. The minimum Gasteiger partial charge on any atom is -0.341 e. The summed E-state index contributed by atoms with van der Waals surface area (Å²) in [6.07, 6.45) is 0. The number of hydrogen-bond acceptors (Lipinski definition) is 8. The lowest BCUT2D eigenvalue weighted by atomic mass is 9.96. The van der Waals surface area contributed by atoms with E-state index >= 15 is 0 Å². The molecule has 0 amide bonds. The van der Waals surface area contributed by atoms with Gasteiger partial charge in [0.2, 0.25) is 23.1 Å². The molecule has 2 aliphatic carbocycles. The van der Waals surface area contributed by atoms with E-state index in [2.05, 4.69) is 0 Å². The summed E-state index contributed by atoms with van der Waals surface area (Å²) in [5, 5.41) is 0. The van der Waals surface area contributed by atoms with Gasteiger partial charge in [0.25, 0.3) is 11.6 Å². The van der Waals surface area contributed by atoms with Crippen LogP contribution < -0.4 is 0 Å². The van der Waals surface area contributed by atoms with Crippen molar-refractivity contribution < 1.29 is 38.1 Å². The Balaban J connectivity index is 1.24. The highest BCUT2D eigenvalue weighted by Gasteiger charge is 2.55. The predicted molar refractivity (Wildman–Crippen MR) is 154 cm³/mol. The van der Waals surface area contributed by atoms with Crippen molar-refractivity contribution in [3.8, 4) is 33.4 Å². The molecule has 0 spiro atoms. The van der Waals surface area contributed by atoms with E-state index in [-0.39, 0.29) is 22.3 Å². The van der Waals surface area contributed by atoms with Crippen LogP contribution in [0.25, 0.3) is 33.4 Å². The van der Waals surface area contributed by atoms with E-state index in [9.17, 15) is 19.2 Å². The van der Waals surface area contributed by atoms with Gasteiger partial charge in [0.15, 0.2) is 0 Å².